The zero-order chi connectivity index (χ0) is 10.7. The van der Waals surface area contributed by atoms with Gasteiger partial charge in [0.25, 0.3) is 0 Å². The van der Waals surface area contributed by atoms with E-state index in [2.05, 4.69) is 5.32 Å². The lowest BCUT2D eigenvalue weighted by molar-refractivity contribution is 0.627. The van der Waals surface area contributed by atoms with Crippen molar-refractivity contribution in [2.75, 3.05) is 7.05 Å². The predicted octanol–water partition coefficient (Wildman–Crippen LogP) is 3.27. The quantitative estimate of drug-likeness (QED) is 0.838. The van der Waals surface area contributed by atoms with Crippen LogP contribution in [0.4, 0.5) is 4.39 Å². The Bertz CT molecular complexity index is 437. The van der Waals surface area contributed by atoms with E-state index in [4.69, 9.17) is 0 Å². The van der Waals surface area contributed by atoms with Crippen molar-refractivity contribution in [1.82, 2.24) is 5.32 Å². The Balaban J connectivity index is 2.47. The molecule has 2 aromatic rings. The highest BCUT2D eigenvalue weighted by molar-refractivity contribution is 7.13. The number of hydrogen-bond acceptors (Lipinski definition) is 2. The van der Waals surface area contributed by atoms with Gasteiger partial charge >= 0.3 is 0 Å². The van der Waals surface area contributed by atoms with Crippen LogP contribution < -0.4 is 5.32 Å². The van der Waals surface area contributed by atoms with E-state index in [9.17, 15) is 4.39 Å². The highest BCUT2D eigenvalue weighted by atomic mass is 32.1. The van der Waals surface area contributed by atoms with E-state index in [-0.39, 0.29) is 5.82 Å². The summed E-state index contributed by atoms with van der Waals surface area (Å²) in [6.07, 6.45) is 0. The molecule has 0 amide bonds. The molecule has 0 spiro atoms. The van der Waals surface area contributed by atoms with Crippen molar-refractivity contribution in [2.24, 2.45) is 0 Å². The fourth-order valence-electron chi connectivity index (χ4n) is 1.55. The Morgan fingerprint density at radius 1 is 1.33 bits per heavy atom. The summed E-state index contributed by atoms with van der Waals surface area (Å²) in [5.74, 6) is -0.182. The molecule has 0 fully saturated rings. The summed E-state index contributed by atoms with van der Waals surface area (Å²) in [5.41, 5.74) is 2.11. The average Bonchev–Trinajstić information content (AvgIpc) is 2.74. The molecule has 0 aliphatic rings. The maximum Gasteiger partial charge on any atom is 0.123 e. The molecular weight excluding hydrogens is 209 g/mol. The minimum atomic E-state index is -0.182. The number of hydrogen-bond donors (Lipinski definition) is 1. The van der Waals surface area contributed by atoms with Crippen molar-refractivity contribution in [1.29, 1.82) is 0 Å². The van der Waals surface area contributed by atoms with E-state index in [1.165, 1.54) is 6.07 Å². The van der Waals surface area contributed by atoms with Crippen molar-refractivity contribution in [3.8, 4) is 10.4 Å². The highest BCUT2D eigenvalue weighted by Crippen LogP contribution is 2.28. The van der Waals surface area contributed by atoms with Crippen LogP contribution in [-0.4, -0.2) is 7.05 Å². The Morgan fingerprint density at radius 2 is 2.20 bits per heavy atom. The van der Waals surface area contributed by atoms with Gasteiger partial charge in [-0.25, -0.2) is 4.39 Å². The van der Waals surface area contributed by atoms with Gasteiger partial charge in [-0.3, -0.25) is 0 Å². The van der Waals surface area contributed by atoms with Gasteiger partial charge in [0.05, 0.1) is 0 Å². The van der Waals surface area contributed by atoms with Gasteiger partial charge in [-0.15, -0.1) is 11.3 Å². The number of nitrogens with one attached hydrogen (secondary N) is 1. The molecule has 1 aromatic carbocycles. The van der Waals surface area contributed by atoms with E-state index in [0.717, 1.165) is 22.5 Å². The zero-order valence-electron chi connectivity index (χ0n) is 8.46. The molecule has 0 radical (unpaired) electrons. The smallest absolute Gasteiger partial charge is 0.123 e. The Kier molecular flexibility index (Phi) is 3.14. The van der Waals surface area contributed by atoms with Crippen LogP contribution in [0.15, 0.2) is 35.7 Å². The second-order valence-electron chi connectivity index (χ2n) is 3.31. The summed E-state index contributed by atoms with van der Waals surface area (Å²) in [5, 5.41) is 5.09. The second-order valence-corrected chi connectivity index (χ2v) is 4.26. The van der Waals surface area contributed by atoms with Gasteiger partial charge in [-0.05, 0) is 41.8 Å². The van der Waals surface area contributed by atoms with Crippen LogP contribution in [-0.2, 0) is 6.54 Å². The first kappa shape index (κ1) is 10.3. The first-order valence-corrected chi connectivity index (χ1v) is 5.66. The van der Waals surface area contributed by atoms with E-state index in [1.807, 2.05) is 30.6 Å². The van der Waals surface area contributed by atoms with E-state index < -0.39 is 0 Å². The largest absolute Gasteiger partial charge is 0.316 e. The Labute approximate surface area is 92.6 Å². The van der Waals surface area contributed by atoms with Crippen molar-refractivity contribution in [2.45, 2.75) is 6.54 Å². The summed E-state index contributed by atoms with van der Waals surface area (Å²) in [6, 6.07) is 8.93. The second kappa shape index (κ2) is 4.55. The van der Waals surface area contributed by atoms with Crippen molar-refractivity contribution < 1.29 is 4.39 Å². The molecular formula is C12H12FNS. The van der Waals surface area contributed by atoms with E-state index in [1.54, 1.807) is 17.4 Å². The molecule has 0 bridgehead atoms. The van der Waals surface area contributed by atoms with Gasteiger partial charge in [0.2, 0.25) is 0 Å². The van der Waals surface area contributed by atoms with Crippen LogP contribution in [0.5, 0.6) is 0 Å². The van der Waals surface area contributed by atoms with Gasteiger partial charge in [-0.1, -0.05) is 12.1 Å². The van der Waals surface area contributed by atoms with Crippen LogP contribution in [0.3, 0.4) is 0 Å². The van der Waals surface area contributed by atoms with Crippen molar-refractivity contribution in [3.05, 3.63) is 47.1 Å². The van der Waals surface area contributed by atoms with Crippen molar-refractivity contribution in [3.63, 3.8) is 0 Å². The number of thiophene rings is 1. The number of benzene rings is 1. The van der Waals surface area contributed by atoms with Gasteiger partial charge in [0, 0.05) is 11.4 Å². The summed E-state index contributed by atoms with van der Waals surface area (Å²) in [7, 11) is 1.89. The molecule has 78 valence electrons. The molecule has 1 N–H and O–H groups in total. The molecule has 0 aliphatic carbocycles. The minimum absolute atomic E-state index is 0.182. The molecule has 0 atom stereocenters. The van der Waals surface area contributed by atoms with Gasteiger partial charge < -0.3 is 5.32 Å². The molecule has 1 aromatic heterocycles. The number of halogens is 1. The maximum absolute atomic E-state index is 13.2. The highest BCUT2D eigenvalue weighted by Gasteiger charge is 2.06. The molecule has 0 saturated carbocycles. The van der Waals surface area contributed by atoms with E-state index in [0.29, 0.717) is 0 Å². The van der Waals surface area contributed by atoms with Gasteiger partial charge in [-0.2, -0.15) is 0 Å². The molecule has 15 heavy (non-hydrogen) atoms. The third-order valence-electron chi connectivity index (χ3n) is 2.23. The van der Waals surface area contributed by atoms with Gasteiger partial charge in [0.1, 0.15) is 5.82 Å². The van der Waals surface area contributed by atoms with Crippen LogP contribution in [0.2, 0.25) is 0 Å². The normalized spacial score (nSPS) is 10.5. The SMILES string of the molecule is CNCc1ccc(F)cc1-c1cccs1. The van der Waals surface area contributed by atoms with Crippen LogP contribution in [0.25, 0.3) is 10.4 Å². The first-order chi connectivity index (χ1) is 7.31. The summed E-state index contributed by atoms with van der Waals surface area (Å²) >= 11 is 1.63. The van der Waals surface area contributed by atoms with E-state index >= 15 is 0 Å². The fraction of sp³-hybridized carbons (Fsp3) is 0.167. The van der Waals surface area contributed by atoms with Crippen LogP contribution in [0.1, 0.15) is 5.56 Å². The number of rotatable bonds is 3. The van der Waals surface area contributed by atoms with Gasteiger partial charge in [0.15, 0.2) is 0 Å². The molecule has 2 rings (SSSR count). The molecule has 0 saturated heterocycles. The lowest BCUT2D eigenvalue weighted by Gasteiger charge is -2.07. The molecule has 3 heteroatoms. The lowest BCUT2D eigenvalue weighted by atomic mass is 10.1. The topological polar surface area (TPSA) is 12.0 Å². The average molecular weight is 221 g/mol. The lowest BCUT2D eigenvalue weighted by Crippen LogP contribution is -2.06. The first-order valence-electron chi connectivity index (χ1n) is 4.78. The Morgan fingerprint density at radius 3 is 2.87 bits per heavy atom. The van der Waals surface area contributed by atoms with Crippen LogP contribution >= 0.6 is 11.3 Å². The van der Waals surface area contributed by atoms with Crippen LogP contribution in [0, 0.1) is 5.82 Å². The zero-order valence-corrected chi connectivity index (χ0v) is 9.27. The van der Waals surface area contributed by atoms with Crippen molar-refractivity contribution >= 4 is 11.3 Å². The Hall–Kier alpha value is -1.19. The monoisotopic (exact) mass is 221 g/mol. The minimum Gasteiger partial charge on any atom is -0.316 e. The molecule has 0 unspecified atom stereocenters. The fourth-order valence-corrected chi connectivity index (χ4v) is 2.33. The molecule has 1 nitrogen and oxygen atoms in total. The third kappa shape index (κ3) is 2.25. The third-order valence-corrected chi connectivity index (χ3v) is 3.13. The maximum atomic E-state index is 13.2. The predicted molar refractivity (Wildman–Crippen MR) is 62.5 cm³/mol. The summed E-state index contributed by atoms with van der Waals surface area (Å²) in [6.45, 7) is 0.757. The molecule has 1 heterocycles. The molecule has 0 aliphatic heterocycles. The summed E-state index contributed by atoms with van der Waals surface area (Å²) < 4.78 is 13.2. The summed E-state index contributed by atoms with van der Waals surface area (Å²) in [4.78, 5) is 1.11. The standard InChI is InChI=1S/C12H12FNS/c1-14-8-9-4-5-10(13)7-11(9)12-3-2-6-15-12/h2-7,14H,8H2,1H3.